The van der Waals surface area contributed by atoms with Crippen molar-refractivity contribution in [2.45, 2.75) is 49.5 Å². The van der Waals surface area contributed by atoms with Gasteiger partial charge in [0.25, 0.3) is 0 Å². The molecule has 1 saturated carbocycles. The highest BCUT2D eigenvalue weighted by Gasteiger charge is 2.34. The molecule has 1 aromatic rings. The largest absolute Gasteiger partial charge is 0.339 e. The van der Waals surface area contributed by atoms with Crippen molar-refractivity contribution in [3.63, 3.8) is 0 Å². The normalized spacial score (nSPS) is 20.1. The molecule has 1 heterocycles. The number of carbonyl (C=O) groups is 1. The standard InChI is InChI=1S/C20H29F2N3O3S/c1-23(16-7-4-2-3-5-8-16)15-19(26)24-11-13-25(14-12-24)29(27,28)20-17(21)9-6-10-18(20)22/h6,9-10,16H,2-5,7-8,11-15H2,1H3. The molecule has 1 aromatic carbocycles. The van der Waals surface area contributed by atoms with Gasteiger partial charge in [0, 0.05) is 32.2 Å². The second kappa shape index (κ2) is 9.49. The van der Waals surface area contributed by atoms with Crippen LogP contribution in [0.5, 0.6) is 0 Å². The van der Waals surface area contributed by atoms with Crippen LogP contribution in [0.15, 0.2) is 23.1 Å². The molecule has 1 saturated heterocycles. The van der Waals surface area contributed by atoms with Crippen LogP contribution in [0, 0.1) is 11.6 Å². The van der Waals surface area contributed by atoms with Crippen molar-refractivity contribution in [1.82, 2.24) is 14.1 Å². The Kier molecular flexibility index (Phi) is 7.23. The van der Waals surface area contributed by atoms with Crippen LogP contribution < -0.4 is 0 Å². The third-order valence-corrected chi connectivity index (χ3v) is 7.89. The summed E-state index contributed by atoms with van der Waals surface area (Å²) in [5.74, 6) is -2.24. The summed E-state index contributed by atoms with van der Waals surface area (Å²) in [5.41, 5.74) is 0. The Morgan fingerprint density at radius 2 is 1.59 bits per heavy atom. The first-order valence-corrected chi connectivity index (χ1v) is 11.7. The first kappa shape index (κ1) is 22.1. The van der Waals surface area contributed by atoms with Gasteiger partial charge >= 0.3 is 0 Å². The van der Waals surface area contributed by atoms with Crippen molar-refractivity contribution in [1.29, 1.82) is 0 Å². The highest BCUT2D eigenvalue weighted by atomic mass is 32.2. The monoisotopic (exact) mass is 429 g/mol. The zero-order valence-corrected chi connectivity index (χ0v) is 17.6. The molecule has 1 amide bonds. The van der Waals surface area contributed by atoms with E-state index in [1.54, 1.807) is 4.90 Å². The first-order chi connectivity index (χ1) is 13.8. The van der Waals surface area contributed by atoms with E-state index in [1.165, 1.54) is 25.7 Å². The molecule has 2 aliphatic rings. The Hall–Kier alpha value is -1.58. The van der Waals surface area contributed by atoms with Gasteiger partial charge < -0.3 is 4.90 Å². The minimum atomic E-state index is -4.28. The summed E-state index contributed by atoms with van der Waals surface area (Å²) >= 11 is 0. The van der Waals surface area contributed by atoms with Gasteiger partial charge in [-0.05, 0) is 32.0 Å². The van der Waals surface area contributed by atoms with Gasteiger partial charge in [0.1, 0.15) is 11.6 Å². The molecule has 0 aromatic heterocycles. The SMILES string of the molecule is CN(CC(=O)N1CCN(S(=O)(=O)c2c(F)cccc2F)CC1)C1CCCCCC1. The molecular weight excluding hydrogens is 400 g/mol. The lowest BCUT2D eigenvalue weighted by molar-refractivity contribution is -0.133. The molecule has 9 heteroatoms. The third-order valence-electron chi connectivity index (χ3n) is 5.94. The van der Waals surface area contributed by atoms with Gasteiger partial charge in [-0.3, -0.25) is 9.69 Å². The van der Waals surface area contributed by atoms with E-state index in [2.05, 4.69) is 4.90 Å². The van der Waals surface area contributed by atoms with E-state index in [0.29, 0.717) is 12.6 Å². The molecule has 1 aliphatic heterocycles. The van der Waals surface area contributed by atoms with E-state index in [1.807, 2.05) is 7.05 Å². The molecule has 6 nitrogen and oxygen atoms in total. The Balaban J connectivity index is 1.57. The molecule has 162 valence electrons. The van der Waals surface area contributed by atoms with Gasteiger partial charge in [0.15, 0.2) is 4.90 Å². The number of hydrogen-bond acceptors (Lipinski definition) is 4. The molecule has 0 bridgehead atoms. The number of carbonyl (C=O) groups excluding carboxylic acids is 1. The van der Waals surface area contributed by atoms with Crippen LogP contribution in [-0.2, 0) is 14.8 Å². The second-order valence-electron chi connectivity index (χ2n) is 7.90. The van der Waals surface area contributed by atoms with Gasteiger partial charge in [-0.25, -0.2) is 17.2 Å². The maximum atomic E-state index is 13.9. The molecule has 0 atom stereocenters. The number of benzene rings is 1. The lowest BCUT2D eigenvalue weighted by Gasteiger charge is -2.35. The van der Waals surface area contributed by atoms with Crippen molar-refractivity contribution in [2.75, 3.05) is 39.8 Å². The highest BCUT2D eigenvalue weighted by molar-refractivity contribution is 7.89. The summed E-state index contributed by atoms with van der Waals surface area (Å²) in [6.07, 6.45) is 7.07. The average molecular weight is 430 g/mol. The molecule has 0 unspecified atom stereocenters. The Bertz CT molecular complexity index is 798. The minimum Gasteiger partial charge on any atom is -0.339 e. The molecule has 0 N–H and O–H groups in total. The van der Waals surface area contributed by atoms with E-state index in [0.717, 1.165) is 35.3 Å². The summed E-state index contributed by atoms with van der Waals surface area (Å²) in [5, 5.41) is 0. The van der Waals surface area contributed by atoms with Crippen LogP contribution >= 0.6 is 0 Å². The topological polar surface area (TPSA) is 60.9 Å². The molecule has 0 radical (unpaired) electrons. The van der Waals surface area contributed by atoms with Crippen LogP contribution in [0.2, 0.25) is 0 Å². The fraction of sp³-hybridized carbons (Fsp3) is 0.650. The maximum Gasteiger partial charge on any atom is 0.249 e. The van der Waals surface area contributed by atoms with Gasteiger partial charge in [0.2, 0.25) is 15.9 Å². The number of piperazine rings is 1. The number of sulfonamides is 1. The lowest BCUT2D eigenvalue weighted by atomic mass is 10.1. The molecule has 29 heavy (non-hydrogen) atoms. The van der Waals surface area contributed by atoms with Gasteiger partial charge in [-0.15, -0.1) is 0 Å². The van der Waals surface area contributed by atoms with Crippen LogP contribution in [0.3, 0.4) is 0 Å². The van der Waals surface area contributed by atoms with E-state index in [9.17, 15) is 22.0 Å². The van der Waals surface area contributed by atoms with Gasteiger partial charge in [-0.1, -0.05) is 31.7 Å². The van der Waals surface area contributed by atoms with Crippen molar-refractivity contribution < 1.29 is 22.0 Å². The van der Waals surface area contributed by atoms with Crippen molar-refractivity contribution in [3.8, 4) is 0 Å². The fourth-order valence-corrected chi connectivity index (χ4v) is 5.71. The van der Waals surface area contributed by atoms with Gasteiger partial charge in [0.05, 0.1) is 6.54 Å². The Morgan fingerprint density at radius 1 is 1.03 bits per heavy atom. The molecular formula is C20H29F2N3O3S. The summed E-state index contributed by atoms with van der Waals surface area (Å²) in [7, 11) is -2.31. The predicted molar refractivity (Wildman–Crippen MR) is 106 cm³/mol. The molecule has 3 rings (SSSR count). The number of nitrogens with zero attached hydrogens (tertiary/aromatic N) is 3. The first-order valence-electron chi connectivity index (χ1n) is 10.2. The molecule has 1 aliphatic carbocycles. The van der Waals surface area contributed by atoms with Crippen molar-refractivity contribution in [3.05, 3.63) is 29.8 Å². The Labute approximate surface area is 171 Å². The molecule has 2 fully saturated rings. The second-order valence-corrected chi connectivity index (χ2v) is 9.77. The van der Waals surface area contributed by atoms with E-state index in [4.69, 9.17) is 0 Å². The van der Waals surface area contributed by atoms with Crippen molar-refractivity contribution >= 4 is 15.9 Å². The average Bonchev–Trinajstić information content (AvgIpc) is 2.97. The smallest absolute Gasteiger partial charge is 0.249 e. The van der Waals surface area contributed by atoms with Crippen LogP contribution in [0.25, 0.3) is 0 Å². The summed E-state index contributed by atoms with van der Waals surface area (Å²) in [6.45, 7) is 0.780. The number of hydrogen-bond donors (Lipinski definition) is 0. The number of likely N-dealkylation sites (N-methyl/N-ethyl adjacent to an activating group) is 1. The van der Waals surface area contributed by atoms with E-state index >= 15 is 0 Å². The van der Waals surface area contributed by atoms with E-state index < -0.39 is 26.6 Å². The summed E-state index contributed by atoms with van der Waals surface area (Å²) < 4.78 is 54.2. The fourth-order valence-electron chi connectivity index (χ4n) is 4.18. The minimum absolute atomic E-state index is 0.0228. The number of amides is 1. The predicted octanol–water partition coefficient (Wildman–Crippen LogP) is 2.45. The zero-order valence-electron chi connectivity index (χ0n) is 16.8. The van der Waals surface area contributed by atoms with Crippen LogP contribution in [0.4, 0.5) is 8.78 Å². The third kappa shape index (κ3) is 5.13. The van der Waals surface area contributed by atoms with Gasteiger partial charge in [-0.2, -0.15) is 4.31 Å². The van der Waals surface area contributed by atoms with E-state index in [-0.39, 0.29) is 32.1 Å². The van der Waals surface area contributed by atoms with Crippen LogP contribution in [0.1, 0.15) is 38.5 Å². The lowest BCUT2D eigenvalue weighted by Crippen LogP contribution is -2.53. The van der Waals surface area contributed by atoms with Crippen LogP contribution in [-0.4, -0.2) is 74.2 Å². The van der Waals surface area contributed by atoms with Crippen molar-refractivity contribution in [2.24, 2.45) is 0 Å². The molecule has 0 spiro atoms. The maximum absolute atomic E-state index is 13.9. The quantitative estimate of drug-likeness (QED) is 0.675. The summed E-state index contributed by atoms with van der Waals surface area (Å²) in [6, 6.07) is 3.40. The summed E-state index contributed by atoms with van der Waals surface area (Å²) in [4.78, 5) is 15.5. The number of rotatable bonds is 5. The zero-order chi connectivity index (χ0) is 21.0. The Morgan fingerprint density at radius 3 is 2.14 bits per heavy atom. The number of halogens is 2. The highest BCUT2D eigenvalue weighted by Crippen LogP contribution is 2.24.